The number of anilines is 1. The Hall–Kier alpha value is -2.19. The first kappa shape index (κ1) is 18.2. The Labute approximate surface area is 156 Å². The highest BCUT2D eigenvalue weighted by Crippen LogP contribution is 2.48. The number of halogens is 2. The van der Waals surface area contributed by atoms with Crippen LogP contribution in [0.4, 0.5) is 14.5 Å². The van der Waals surface area contributed by atoms with Crippen molar-refractivity contribution < 1.29 is 26.7 Å². The van der Waals surface area contributed by atoms with Crippen molar-refractivity contribution >= 4 is 15.7 Å². The van der Waals surface area contributed by atoms with E-state index in [-0.39, 0.29) is 22.6 Å². The number of hydrogen-bond donors (Lipinski definition) is 0. The van der Waals surface area contributed by atoms with E-state index in [1.165, 1.54) is 28.6 Å². The highest BCUT2D eigenvalue weighted by Gasteiger charge is 2.47. The Balaban J connectivity index is 1.80. The van der Waals surface area contributed by atoms with Gasteiger partial charge in [-0.05, 0) is 36.6 Å². The number of sulfonamides is 1. The lowest BCUT2D eigenvalue weighted by atomic mass is 9.76. The van der Waals surface area contributed by atoms with Crippen molar-refractivity contribution in [3.63, 3.8) is 0 Å². The zero-order valence-corrected chi connectivity index (χ0v) is 15.3. The fourth-order valence-corrected chi connectivity index (χ4v) is 5.66. The van der Waals surface area contributed by atoms with Crippen LogP contribution in [0, 0.1) is 0 Å². The number of para-hydroxylation sites is 2. The van der Waals surface area contributed by atoms with Crippen molar-refractivity contribution in [3.05, 3.63) is 54.1 Å². The van der Waals surface area contributed by atoms with Gasteiger partial charge in [0.05, 0.1) is 5.69 Å². The van der Waals surface area contributed by atoms with Gasteiger partial charge in [-0.1, -0.05) is 30.3 Å². The fraction of sp³-hybridized carbons (Fsp3) is 0.368. The van der Waals surface area contributed by atoms with Gasteiger partial charge >= 0.3 is 6.61 Å². The lowest BCUT2D eigenvalue weighted by molar-refractivity contribution is -0.0517. The van der Waals surface area contributed by atoms with Crippen LogP contribution in [0.25, 0.3) is 0 Å². The molecule has 0 atom stereocenters. The topological polar surface area (TPSA) is 55.8 Å². The van der Waals surface area contributed by atoms with Crippen molar-refractivity contribution in [2.24, 2.45) is 0 Å². The summed E-state index contributed by atoms with van der Waals surface area (Å²) >= 11 is 0. The molecule has 1 fully saturated rings. The molecule has 0 radical (unpaired) electrons. The molecule has 2 aromatic carbocycles. The molecular weight excluding hydrogens is 376 g/mol. The number of alkyl halides is 2. The van der Waals surface area contributed by atoms with Gasteiger partial charge in [-0.2, -0.15) is 8.78 Å². The minimum Gasteiger partial charge on any atom is -0.433 e. The standard InChI is InChI=1S/C19H19F2NO4S/c20-18(21)26-16-7-3-4-8-17(16)27(23,24)22-13-19(9-11-25-12-10-19)14-5-1-2-6-15(14)22/h1-8,18H,9-13H2. The smallest absolute Gasteiger partial charge is 0.387 e. The van der Waals surface area contributed by atoms with Crippen LogP contribution < -0.4 is 9.04 Å². The van der Waals surface area contributed by atoms with Crippen molar-refractivity contribution in [2.45, 2.75) is 29.8 Å². The SMILES string of the molecule is O=S(=O)(c1ccccc1OC(F)F)N1CC2(CCOCC2)c2ccccc21. The van der Waals surface area contributed by atoms with E-state index in [0.29, 0.717) is 31.7 Å². The lowest BCUT2D eigenvalue weighted by Crippen LogP contribution is -2.40. The maximum atomic E-state index is 13.4. The number of fused-ring (bicyclic) bond motifs is 2. The second-order valence-electron chi connectivity index (χ2n) is 6.75. The monoisotopic (exact) mass is 395 g/mol. The van der Waals surface area contributed by atoms with E-state index < -0.39 is 16.6 Å². The molecule has 1 saturated heterocycles. The molecular formula is C19H19F2NO4S. The molecule has 0 saturated carbocycles. The second-order valence-corrected chi connectivity index (χ2v) is 8.58. The Bertz CT molecular complexity index is 942. The summed E-state index contributed by atoms with van der Waals surface area (Å²) in [6, 6.07) is 12.9. The molecule has 8 heteroatoms. The highest BCUT2D eigenvalue weighted by atomic mass is 32.2. The molecule has 0 N–H and O–H groups in total. The normalized spacial score (nSPS) is 18.7. The number of ether oxygens (including phenoxy) is 2. The van der Waals surface area contributed by atoms with Crippen LogP contribution in [-0.4, -0.2) is 34.8 Å². The van der Waals surface area contributed by atoms with Crippen molar-refractivity contribution in [2.75, 3.05) is 24.1 Å². The van der Waals surface area contributed by atoms with E-state index >= 15 is 0 Å². The predicted molar refractivity (Wildman–Crippen MR) is 95.8 cm³/mol. The van der Waals surface area contributed by atoms with Gasteiger partial charge in [-0.15, -0.1) is 0 Å². The van der Waals surface area contributed by atoms with E-state index in [1.807, 2.05) is 12.1 Å². The van der Waals surface area contributed by atoms with Crippen molar-refractivity contribution in [3.8, 4) is 5.75 Å². The van der Waals surface area contributed by atoms with E-state index in [9.17, 15) is 17.2 Å². The van der Waals surface area contributed by atoms with Gasteiger partial charge < -0.3 is 9.47 Å². The third-order valence-electron chi connectivity index (χ3n) is 5.27. The molecule has 2 aliphatic heterocycles. The van der Waals surface area contributed by atoms with Gasteiger partial charge in [0, 0.05) is 25.2 Å². The van der Waals surface area contributed by atoms with Gasteiger partial charge in [-0.25, -0.2) is 8.42 Å². The molecule has 0 amide bonds. The van der Waals surface area contributed by atoms with E-state index in [2.05, 4.69) is 4.74 Å². The zero-order chi connectivity index (χ0) is 19.1. The third-order valence-corrected chi connectivity index (χ3v) is 7.07. The average molecular weight is 395 g/mol. The molecule has 0 aromatic heterocycles. The van der Waals surface area contributed by atoms with E-state index in [0.717, 1.165) is 5.56 Å². The maximum Gasteiger partial charge on any atom is 0.387 e. The van der Waals surface area contributed by atoms with Gasteiger partial charge in [0.2, 0.25) is 0 Å². The van der Waals surface area contributed by atoms with Gasteiger partial charge in [0.15, 0.2) is 0 Å². The summed E-state index contributed by atoms with van der Waals surface area (Å²) in [5.74, 6) is -0.349. The summed E-state index contributed by atoms with van der Waals surface area (Å²) < 4.78 is 63.5. The molecule has 4 rings (SSSR count). The van der Waals surface area contributed by atoms with Gasteiger partial charge in [0.1, 0.15) is 10.6 Å². The number of hydrogen-bond acceptors (Lipinski definition) is 4. The van der Waals surface area contributed by atoms with Crippen LogP contribution in [-0.2, 0) is 20.2 Å². The number of benzene rings is 2. The Morgan fingerprint density at radius 1 is 1.04 bits per heavy atom. The largest absolute Gasteiger partial charge is 0.433 e. The average Bonchev–Trinajstić information content (AvgIpc) is 2.97. The molecule has 2 aromatic rings. The van der Waals surface area contributed by atoms with Crippen LogP contribution in [0.1, 0.15) is 18.4 Å². The van der Waals surface area contributed by atoms with E-state index in [4.69, 9.17) is 4.74 Å². The molecule has 0 bridgehead atoms. The molecule has 144 valence electrons. The van der Waals surface area contributed by atoms with Crippen molar-refractivity contribution in [1.29, 1.82) is 0 Å². The lowest BCUT2D eigenvalue weighted by Gasteiger charge is -2.34. The maximum absolute atomic E-state index is 13.4. The van der Waals surface area contributed by atoms with E-state index in [1.54, 1.807) is 12.1 Å². The summed E-state index contributed by atoms with van der Waals surface area (Å²) in [6.45, 7) is -1.71. The molecule has 0 unspecified atom stereocenters. The molecule has 2 heterocycles. The Morgan fingerprint density at radius 2 is 1.70 bits per heavy atom. The summed E-state index contributed by atoms with van der Waals surface area (Å²) in [6.07, 6.45) is 1.43. The summed E-state index contributed by atoms with van der Waals surface area (Å²) in [5, 5.41) is 0. The molecule has 5 nitrogen and oxygen atoms in total. The zero-order valence-electron chi connectivity index (χ0n) is 14.5. The number of rotatable bonds is 4. The fourth-order valence-electron chi connectivity index (χ4n) is 3.96. The molecule has 0 aliphatic carbocycles. The molecule has 1 spiro atoms. The first-order valence-corrected chi connectivity index (χ1v) is 10.1. The molecule has 2 aliphatic rings. The molecule has 27 heavy (non-hydrogen) atoms. The first-order valence-electron chi connectivity index (χ1n) is 8.68. The summed E-state index contributed by atoms with van der Waals surface area (Å²) in [4.78, 5) is -0.260. The quantitative estimate of drug-likeness (QED) is 0.795. The van der Waals surface area contributed by atoms with Crippen LogP contribution >= 0.6 is 0 Å². The first-order chi connectivity index (χ1) is 12.9. The Kier molecular flexibility index (Phi) is 4.55. The van der Waals surface area contributed by atoms with Crippen molar-refractivity contribution in [1.82, 2.24) is 0 Å². The van der Waals surface area contributed by atoms with Crippen LogP contribution in [0.3, 0.4) is 0 Å². The second kappa shape index (κ2) is 6.76. The van der Waals surface area contributed by atoms with Gasteiger partial charge in [0.25, 0.3) is 10.0 Å². The Morgan fingerprint density at radius 3 is 2.44 bits per heavy atom. The van der Waals surface area contributed by atoms with Crippen LogP contribution in [0.15, 0.2) is 53.4 Å². The highest BCUT2D eigenvalue weighted by molar-refractivity contribution is 7.93. The number of nitrogens with zero attached hydrogens (tertiary/aromatic N) is 1. The predicted octanol–water partition coefficient (Wildman–Crippen LogP) is 3.55. The summed E-state index contributed by atoms with van der Waals surface area (Å²) in [5.41, 5.74) is 1.23. The van der Waals surface area contributed by atoms with Gasteiger partial charge in [-0.3, -0.25) is 4.31 Å². The minimum absolute atomic E-state index is 0.260. The van der Waals surface area contributed by atoms with Crippen LogP contribution in [0.5, 0.6) is 5.75 Å². The summed E-state index contributed by atoms with van der Waals surface area (Å²) in [7, 11) is -4.07. The third kappa shape index (κ3) is 3.06. The van der Waals surface area contributed by atoms with Crippen LogP contribution in [0.2, 0.25) is 0 Å². The minimum atomic E-state index is -4.07.